The molecule has 4 aliphatic heterocycles. The Morgan fingerprint density at radius 2 is 1.52 bits per heavy atom. The number of para-hydroxylation sites is 1. The van der Waals surface area contributed by atoms with Crippen LogP contribution in [0.5, 0.6) is 0 Å². The molecular weight excluding hydrogens is 699 g/mol. The van der Waals surface area contributed by atoms with E-state index in [0.29, 0.717) is 57.4 Å². The molecule has 0 spiro atoms. The summed E-state index contributed by atoms with van der Waals surface area (Å²) in [4.78, 5) is 59.5. The highest BCUT2D eigenvalue weighted by Gasteiger charge is 2.38. The topological polar surface area (TPSA) is 114 Å². The van der Waals surface area contributed by atoms with Crippen LogP contribution in [0, 0.1) is 17.8 Å². The van der Waals surface area contributed by atoms with E-state index in [1.807, 2.05) is 29.2 Å². The number of carboxylic acid groups (broad SMARTS) is 1. The summed E-state index contributed by atoms with van der Waals surface area (Å²) in [6, 6.07) is 10.6. The van der Waals surface area contributed by atoms with E-state index < -0.39 is 34.7 Å². The lowest BCUT2D eigenvalue weighted by molar-refractivity contribution is -0.143. The second-order valence-corrected chi connectivity index (χ2v) is 15.2. The maximum absolute atomic E-state index is 14.1. The molecule has 0 aliphatic carbocycles. The summed E-state index contributed by atoms with van der Waals surface area (Å²) < 4.78 is 41.2. The molecule has 52 heavy (non-hydrogen) atoms. The predicted octanol–water partition coefficient (Wildman–Crippen LogP) is 6.37. The van der Waals surface area contributed by atoms with Crippen LogP contribution in [0.2, 0.25) is 5.02 Å². The molecule has 3 saturated heterocycles. The van der Waals surface area contributed by atoms with Crippen molar-refractivity contribution in [3.8, 4) is 0 Å². The number of hydrogen-bond donors (Lipinski definition) is 2. The second-order valence-electron chi connectivity index (χ2n) is 14.8. The van der Waals surface area contributed by atoms with Crippen LogP contribution in [0.25, 0.3) is 0 Å². The van der Waals surface area contributed by atoms with Gasteiger partial charge >= 0.3 is 18.2 Å². The van der Waals surface area contributed by atoms with Gasteiger partial charge in [0.05, 0.1) is 16.5 Å². The molecular formula is C38H47ClF3N5O5. The van der Waals surface area contributed by atoms with Gasteiger partial charge in [0.1, 0.15) is 6.04 Å². The minimum atomic E-state index is -4.66. The average molecular weight is 746 g/mol. The lowest BCUT2D eigenvalue weighted by Crippen LogP contribution is -2.51. The summed E-state index contributed by atoms with van der Waals surface area (Å²) in [5.74, 6) is -1.31. The minimum absolute atomic E-state index is 0.0329. The molecule has 14 heteroatoms. The molecule has 2 atom stereocenters. The third kappa shape index (κ3) is 8.68. The Balaban J connectivity index is 1.09. The van der Waals surface area contributed by atoms with E-state index in [1.165, 1.54) is 12.1 Å². The Kier molecular flexibility index (Phi) is 11.7. The number of aliphatic carboxylic acids is 1. The number of nitrogens with one attached hydrogen (secondary N) is 1. The summed E-state index contributed by atoms with van der Waals surface area (Å²) in [5.41, 5.74) is 1.14. The van der Waals surface area contributed by atoms with Gasteiger partial charge in [-0.3, -0.25) is 19.3 Å². The first-order chi connectivity index (χ1) is 24.8. The van der Waals surface area contributed by atoms with Crippen molar-refractivity contribution >= 4 is 41.1 Å². The molecule has 3 fully saturated rings. The van der Waals surface area contributed by atoms with Gasteiger partial charge in [-0.2, -0.15) is 13.2 Å². The van der Waals surface area contributed by atoms with Gasteiger partial charge in [0, 0.05) is 50.9 Å². The number of likely N-dealkylation sites (tertiary alicyclic amines) is 3. The fourth-order valence-electron chi connectivity index (χ4n) is 8.52. The van der Waals surface area contributed by atoms with Gasteiger partial charge in [0.15, 0.2) is 0 Å². The van der Waals surface area contributed by atoms with Crippen LogP contribution in [0.1, 0.15) is 68.6 Å². The van der Waals surface area contributed by atoms with Crippen molar-refractivity contribution in [1.82, 2.24) is 19.6 Å². The summed E-state index contributed by atoms with van der Waals surface area (Å²) in [6.07, 6.45) is -0.305. The van der Waals surface area contributed by atoms with E-state index in [9.17, 15) is 37.5 Å². The van der Waals surface area contributed by atoms with Crippen LogP contribution < -0.4 is 5.32 Å². The van der Waals surface area contributed by atoms with E-state index in [1.54, 1.807) is 21.6 Å². The molecule has 282 valence electrons. The molecule has 4 heterocycles. The van der Waals surface area contributed by atoms with Crippen LogP contribution >= 0.6 is 11.6 Å². The van der Waals surface area contributed by atoms with Gasteiger partial charge in [0.25, 0.3) is 0 Å². The number of piperidine rings is 3. The first kappa shape index (κ1) is 37.9. The number of urea groups is 1. The van der Waals surface area contributed by atoms with Gasteiger partial charge in [-0.1, -0.05) is 35.9 Å². The summed E-state index contributed by atoms with van der Waals surface area (Å²) >= 11 is 5.89. The quantitative estimate of drug-likeness (QED) is 0.309. The fourth-order valence-corrected chi connectivity index (χ4v) is 8.74. The molecule has 0 saturated carbocycles. The van der Waals surface area contributed by atoms with Gasteiger partial charge < -0.3 is 25.1 Å². The van der Waals surface area contributed by atoms with Gasteiger partial charge in [-0.05, 0) is 106 Å². The highest BCUT2D eigenvalue weighted by Crippen LogP contribution is 2.37. The number of halogens is 4. The number of anilines is 1. The van der Waals surface area contributed by atoms with Crippen LogP contribution in [0.15, 0.2) is 42.5 Å². The Morgan fingerprint density at radius 3 is 2.15 bits per heavy atom. The van der Waals surface area contributed by atoms with Crippen LogP contribution in [-0.2, 0) is 33.5 Å². The van der Waals surface area contributed by atoms with Crippen LogP contribution in [0.3, 0.4) is 0 Å². The molecule has 2 unspecified atom stereocenters. The number of rotatable bonds is 9. The zero-order valence-electron chi connectivity index (χ0n) is 29.4. The van der Waals surface area contributed by atoms with E-state index in [2.05, 4.69) is 5.32 Å². The Bertz CT molecular complexity index is 1630. The largest absolute Gasteiger partial charge is 0.480 e. The first-order valence-electron chi connectivity index (χ1n) is 18.3. The highest BCUT2D eigenvalue weighted by molar-refractivity contribution is 6.31. The molecule has 0 radical (unpaired) electrons. The molecule has 4 aliphatic rings. The molecule has 0 bridgehead atoms. The van der Waals surface area contributed by atoms with Crippen molar-refractivity contribution in [2.45, 2.75) is 83.1 Å². The Hall–Kier alpha value is -3.84. The molecule has 2 N–H and O–H groups in total. The Labute approximate surface area is 307 Å². The lowest BCUT2D eigenvalue weighted by Gasteiger charge is -2.42. The average Bonchev–Trinajstić information content (AvgIpc) is 3.14. The number of amides is 4. The van der Waals surface area contributed by atoms with E-state index in [0.717, 1.165) is 56.1 Å². The standard InChI is InChI=1S/C38H47ClF3N5O5/c1-24(36(50)51)44-14-8-26(9-15-44)27-10-16-46(17-11-27)35(49)29(20-25-6-7-32(39)31(21-25)38(40,41)42)22-34(48)45-18-12-30(13-19-45)47-23-28-4-2-3-5-33(28)43-37(47)52/h2-7,21,24,26-27,29-30H,8-20,22-23H2,1H3,(H,43,52)(H,50,51). The molecule has 2 aromatic carbocycles. The number of alkyl halides is 3. The number of benzene rings is 2. The van der Waals surface area contributed by atoms with Crippen molar-refractivity contribution in [3.63, 3.8) is 0 Å². The van der Waals surface area contributed by atoms with Crippen LogP contribution in [0.4, 0.5) is 23.7 Å². The summed E-state index contributed by atoms with van der Waals surface area (Å²) in [7, 11) is 0. The van der Waals surface area contributed by atoms with E-state index in [4.69, 9.17) is 11.6 Å². The second kappa shape index (κ2) is 16.0. The Morgan fingerprint density at radius 1 is 0.904 bits per heavy atom. The molecule has 2 aromatic rings. The number of nitrogens with zero attached hydrogens (tertiary/aromatic N) is 4. The van der Waals surface area contributed by atoms with Crippen LogP contribution in [-0.4, -0.2) is 99.9 Å². The maximum Gasteiger partial charge on any atom is 0.417 e. The minimum Gasteiger partial charge on any atom is -0.480 e. The lowest BCUT2D eigenvalue weighted by atomic mass is 9.78. The third-order valence-electron chi connectivity index (χ3n) is 11.7. The van der Waals surface area contributed by atoms with Crippen molar-refractivity contribution in [2.24, 2.45) is 17.8 Å². The maximum atomic E-state index is 14.1. The van der Waals surface area contributed by atoms with Gasteiger partial charge in [-0.25, -0.2) is 4.79 Å². The van der Waals surface area contributed by atoms with Crippen molar-refractivity contribution in [2.75, 3.05) is 44.6 Å². The number of carbonyl (C=O) groups excluding carboxylic acids is 3. The van der Waals surface area contributed by atoms with Crippen molar-refractivity contribution in [3.05, 3.63) is 64.2 Å². The molecule has 0 aromatic heterocycles. The van der Waals surface area contributed by atoms with Crippen molar-refractivity contribution in [1.29, 1.82) is 0 Å². The summed E-state index contributed by atoms with van der Waals surface area (Å²) in [6.45, 7) is 5.45. The van der Waals surface area contributed by atoms with E-state index >= 15 is 0 Å². The number of hydrogen-bond acceptors (Lipinski definition) is 5. The normalized spacial score (nSPS) is 21.0. The SMILES string of the molecule is CC(C(=O)O)N1CCC(C2CCN(C(=O)C(CC(=O)N3CCC(N4Cc5ccccc5NC4=O)CC3)Cc3ccc(Cl)c(C(F)(F)F)c3)CC2)CC1. The zero-order chi connectivity index (χ0) is 37.2. The fraction of sp³-hybridized carbons (Fsp3) is 0.579. The first-order valence-corrected chi connectivity index (χ1v) is 18.7. The third-order valence-corrected chi connectivity index (χ3v) is 12.0. The number of fused-ring (bicyclic) bond motifs is 1. The zero-order valence-corrected chi connectivity index (χ0v) is 30.2. The molecule has 4 amide bonds. The number of carboxylic acids is 1. The van der Waals surface area contributed by atoms with Crippen molar-refractivity contribution < 1.29 is 37.5 Å². The predicted molar refractivity (Wildman–Crippen MR) is 190 cm³/mol. The molecule has 10 nitrogen and oxygen atoms in total. The monoisotopic (exact) mass is 745 g/mol. The highest BCUT2D eigenvalue weighted by atomic mass is 35.5. The van der Waals surface area contributed by atoms with Gasteiger partial charge in [-0.15, -0.1) is 0 Å². The summed E-state index contributed by atoms with van der Waals surface area (Å²) in [5, 5.41) is 11.9. The van der Waals surface area contributed by atoms with Gasteiger partial charge in [0.2, 0.25) is 11.8 Å². The number of carbonyl (C=O) groups is 4. The molecule has 6 rings (SSSR count). The van der Waals surface area contributed by atoms with E-state index in [-0.39, 0.29) is 42.3 Å². The smallest absolute Gasteiger partial charge is 0.417 e.